The second-order valence-corrected chi connectivity index (χ2v) is 5.02. The molecule has 0 amide bonds. The summed E-state index contributed by atoms with van der Waals surface area (Å²) in [4.78, 5) is 0. The SMILES string of the molecule is CC(C)OCCNCC(O)COC1CCCC1. The normalized spacial score (nSPS) is 19.1. The van der Waals surface area contributed by atoms with Gasteiger partial charge in [-0.3, -0.25) is 0 Å². The first kappa shape index (κ1) is 14.9. The summed E-state index contributed by atoms with van der Waals surface area (Å²) in [5, 5.41) is 12.9. The molecule has 0 spiro atoms. The first-order chi connectivity index (χ1) is 8.18. The third kappa shape index (κ3) is 7.71. The van der Waals surface area contributed by atoms with Gasteiger partial charge in [-0.15, -0.1) is 0 Å². The molecule has 102 valence electrons. The van der Waals surface area contributed by atoms with Crippen molar-refractivity contribution in [2.24, 2.45) is 0 Å². The summed E-state index contributed by atoms with van der Waals surface area (Å²) < 4.78 is 11.0. The Balaban J connectivity index is 1.88. The molecule has 0 aromatic rings. The van der Waals surface area contributed by atoms with Gasteiger partial charge < -0.3 is 19.9 Å². The van der Waals surface area contributed by atoms with Gasteiger partial charge in [-0.05, 0) is 26.7 Å². The second kappa shape index (κ2) is 8.86. The maximum absolute atomic E-state index is 9.69. The van der Waals surface area contributed by atoms with Crippen LogP contribution in [0.1, 0.15) is 39.5 Å². The molecule has 1 fully saturated rings. The van der Waals surface area contributed by atoms with Crippen LogP contribution in [-0.2, 0) is 9.47 Å². The van der Waals surface area contributed by atoms with E-state index in [0.717, 1.165) is 19.4 Å². The van der Waals surface area contributed by atoms with E-state index >= 15 is 0 Å². The summed E-state index contributed by atoms with van der Waals surface area (Å²) in [5.41, 5.74) is 0. The monoisotopic (exact) mass is 245 g/mol. The van der Waals surface area contributed by atoms with Gasteiger partial charge in [-0.2, -0.15) is 0 Å². The number of hydrogen-bond donors (Lipinski definition) is 2. The molecule has 1 aliphatic rings. The fraction of sp³-hybridized carbons (Fsp3) is 1.00. The Morgan fingerprint density at radius 3 is 2.65 bits per heavy atom. The second-order valence-electron chi connectivity index (χ2n) is 5.02. The topological polar surface area (TPSA) is 50.7 Å². The van der Waals surface area contributed by atoms with Crippen LogP contribution in [0.2, 0.25) is 0 Å². The minimum atomic E-state index is -0.408. The van der Waals surface area contributed by atoms with Crippen molar-refractivity contribution in [3.05, 3.63) is 0 Å². The van der Waals surface area contributed by atoms with Gasteiger partial charge in [-0.25, -0.2) is 0 Å². The van der Waals surface area contributed by atoms with Crippen molar-refractivity contribution >= 4 is 0 Å². The molecule has 0 saturated heterocycles. The maximum atomic E-state index is 9.69. The van der Waals surface area contributed by atoms with Crippen molar-refractivity contribution in [1.29, 1.82) is 0 Å². The van der Waals surface area contributed by atoms with Crippen molar-refractivity contribution in [2.45, 2.75) is 57.8 Å². The van der Waals surface area contributed by atoms with E-state index in [1.54, 1.807) is 0 Å². The molecule has 0 aromatic carbocycles. The summed E-state index contributed by atoms with van der Waals surface area (Å²) in [7, 11) is 0. The molecule has 4 nitrogen and oxygen atoms in total. The summed E-state index contributed by atoms with van der Waals surface area (Å²) in [5.74, 6) is 0. The zero-order chi connectivity index (χ0) is 12.5. The molecule has 0 bridgehead atoms. The summed E-state index contributed by atoms with van der Waals surface area (Å²) in [6, 6.07) is 0. The molecular formula is C13H27NO3. The lowest BCUT2D eigenvalue weighted by atomic mass is 10.3. The van der Waals surface area contributed by atoms with E-state index in [1.807, 2.05) is 13.8 Å². The van der Waals surface area contributed by atoms with Crippen LogP contribution < -0.4 is 5.32 Å². The van der Waals surface area contributed by atoms with E-state index in [0.29, 0.717) is 25.9 Å². The number of rotatable bonds is 9. The number of hydrogen-bond acceptors (Lipinski definition) is 4. The number of nitrogens with one attached hydrogen (secondary N) is 1. The molecule has 0 aromatic heterocycles. The highest BCUT2D eigenvalue weighted by Crippen LogP contribution is 2.20. The van der Waals surface area contributed by atoms with Crippen LogP contribution in [0, 0.1) is 0 Å². The predicted octanol–water partition coefficient (Wildman–Crippen LogP) is 1.32. The van der Waals surface area contributed by atoms with Crippen LogP contribution in [-0.4, -0.2) is 49.7 Å². The van der Waals surface area contributed by atoms with Gasteiger partial charge in [0.2, 0.25) is 0 Å². The minimum Gasteiger partial charge on any atom is -0.389 e. The van der Waals surface area contributed by atoms with Crippen LogP contribution in [0.15, 0.2) is 0 Å². The number of aliphatic hydroxyl groups is 1. The van der Waals surface area contributed by atoms with Gasteiger partial charge in [0.15, 0.2) is 0 Å². The highest BCUT2D eigenvalue weighted by atomic mass is 16.5. The molecule has 1 saturated carbocycles. The average molecular weight is 245 g/mol. The standard InChI is InChI=1S/C13H27NO3/c1-11(2)16-8-7-14-9-12(15)10-17-13-5-3-4-6-13/h11-15H,3-10H2,1-2H3. The van der Waals surface area contributed by atoms with Crippen molar-refractivity contribution in [3.63, 3.8) is 0 Å². The van der Waals surface area contributed by atoms with Crippen LogP contribution in [0.25, 0.3) is 0 Å². The molecule has 0 radical (unpaired) electrons. The third-order valence-electron chi connectivity index (χ3n) is 2.94. The van der Waals surface area contributed by atoms with E-state index in [9.17, 15) is 5.11 Å². The van der Waals surface area contributed by atoms with Gasteiger partial charge in [0.25, 0.3) is 0 Å². The van der Waals surface area contributed by atoms with E-state index in [1.165, 1.54) is 12.8 Å². The highest BCUT2D eigenvalue weighted by Gasteiger charge is 2.16. The molecule has 1 unspecified atom stereocenters. The largest absolute Gasteiger partial charge is 0.389 e. The molecule has 0 heterocycles. The van der Waals surface area contributed by atoms with Crippen LogP contribution >= 0.6 is 0 Å². The lowest BCUT2D eigenvalue weighted by Gasteiger charge is -2.16. The number of ether oxygens (including phenoxy) is 2. The van der Waals surface area contributed by atoms with Gasteiger partial charge >= 0.3 is 0 Å². The third-order valence-corrected chi connectivity index (χ3v) is 2.94. The lowest BCUT2D eigenvalue weighted by molar-refractivity contribution is -0.00631. The van der Waals surface area contributed by atoms with Gasteiger partial charge in [0.05, 0.1) is 31.5 Å². The Labute approximate surface area is 105 Å². The Morgan fingerprint density at radius 2 is 2.00 bits per heavy atom. The predicted molar refractivity (Wildman–Crippen MR) is 68.2 cm³/mol. The summed E-state index contributed by atoms with van der Waals surface area (Å²) >= 11 is 0. The molecule has 1 aliphatic carbocycles. The molecule has 0 aliphatic heterocycles. The highest BCUT2D eigenvalue weighted by molar-refractivity contribution is 4.68. The van der Waals surface area contributed by atoms with E-state index in [4.69, 9.17) is 9.47 Å². The fourth-order valence-electron chi connectivity index (χ4n) is 2.00. The molecular weight excluding hydrogens is 218 g/mol. The number of aliphatic hydroxyl groups excluding tert-OH is 1. The molecule has 17 heavy (non-hydrogen) atoms. The van der Waals surface area contributed by atoms with Gasteiger partial charge in [0.1, 0.15) is 0 Å². The lowest BCUT2D eigenvalue weighted by Crippen LogP contribution is -2.33. The summed E-state index contributed by atoms with van der Waals surface area (Å²) in [6.07, 6.45) is 5.10. The molecule has 1 rings (SSSR count). The quantitative estimate of drug-likeness (QED) is 0.602. The maximum Gasteiger partial charge on any atom is 0.0897 e. The van der Waals surface area contributed by atoms with Crippen LogP contribution in [0.5, 0.6) is 0 Å². The first-order valence-electron chi connectivity index (χ1n) is 6.80. The molecule has 4 heteroatoms. The van der Waals surface area contributed by atoms with Crippen molar-refractivity contribution < 1.29 is 14.6 Å². The Bertz CT molecular complexity index is 182. The van der Waals surface area contributed by atoms with Crippen LogP contribution in [0.4, 0.5) is 0 Å². The zero-order valence-corrected chi connectivity index (χ0v) is 11.2. The average Bonchev–Trinajstić information content (AvgIpc) is 2.78. The van der Waals surface area contributed by atoms with Gasteiger partial charge in [0, 0.05) is 13.1 Å². The van der Waals surface area contributed by atoms with Crippen molar-refractivity contribution in [3.8, 4) is 0 Å². The fourth-order valence-corrected chi connectivity index (χ4v) is 2.00. The van der Waals surface area contributed by atoms with E-state index < -0.39 is 6.10 Å². The Hall–Kier alpha value is -0.160. The Morgan fingerprint density at radius 1 is 1.29 bits per heavy atom. The minimum absolute atomic E-state index is 0.271. The zero-order valence-electron chi connectivity index (χ0n) is 11.2. The van der Waals surface area contributed by atoms with E-state index in [2.05, 4.69) is 5.32 Å². The van der Waals surface area contributed by atoms with Crippen molar-refractivity contribution in [2.75, 3.05) is 26.3 Å². The van der Waals surface area contributed by atoms with Gasteiger partial charge in [-0.1, -0.05) is 12.8 Å². The smallest absolute Gasteiger partial charge is 0.0897 e. The summed E-state index contributed by atoms with van der Waals surface area (Å²) in [6.45, 7) is 6.53. The molecule has 2 N–H and O–H groups in total. The van der Waals surface area contributed by atoms with E-state index in [-0.39, 0.29) is 6.10 Å². The molecule has 1 atom stereocenters. The Kier molecular flexibility index (Phi) is 7.77. The first-order valence-corrected chi connectivity index (χ1v) is 6.80. The van der Waals surface area contributed by atoms with Crippen molar-refractivity contribution in [1.82, 2.24) is 5.32 Å². The van der Waals surface area contributed by atoms with Crippen LogP contribution in [0.3, 0.4) is 0 Å².